The van der Waals surface area contributed by atoms with Crippen molar-refractivity contribution in [1.29, 1.82) is 0 Å². The standard InChI is InChI=1S/C16H20FN5O2/c17-6-8-24-15-5-1-3-13(9-15)20-16(23)21-7-2-4-14(10-21)22-12-18-11-19-22/h1,3,5,9,11-12,14H,2,4,6-8,10H2,(H,20,23)/t14-/m0/s1. The zero-order chi connectivity index (χ0) is 16.8. The minimum absolute atomic E-state index is 0.00309. The minimum atomic E-state index is -0.548. The number of nitrogens with one attached hydrogen (secondary N) is 1. The lowest BCUT2D eigenvalue weighted by Gasteiger charge is -2.32. The fourth-order valence-corrected chi connectivity index (χ4v) is 2.78. The summed E-state index contributed by atoms with van der Waals surface area (Å²) in [5.41, 5.74) is 0.624. The molecule has 8 heteroatoms. The van der Waals surface area contributed by atoms with Crippen LogP contribution in [0.2, 0.25) is 0 Å². The summed E-state index contributed by atoms with van der Waals surface area (Å²) in [5.74, 6) is 0.532. The molecule has 24 heavy (non-hydrogen) atoms. The summed E-state index contributed by atoms with van der Waals surface area (Å²) in [4.78, 5) is 18.2. The molecule has 1 fully saturated rings. The van der Waals surface area contributed by atoms with Crippen LogP contribution in [-0.2, 0) is 0 Å². The molecule has 0 aliphatic carbocycles. The molecule has 1 aromatic carbocycles. The number of carbonyl (C=O) groups is 1. The van der Waals surface area contributed by atoms with Gasteiger partial charge >= 0.3 is 6.03 Å². The number of alkyl halides is 1. The van der Waals surface area contributed by atoms with Gasteiger partial charge in [-0.1, -0.05) is 6.07 Å². The third-order valence-corrected chi connectivity index (χ3v) is 3.93. The maximum atomic E-state index is 12.5. The molecule has 0 saturated carbocycles. The number of nitrogens with zero attached hydrogens (tertiary/aromatic N) is 4. The van der Waals surface area contributed by atoms with E-state index >= 15 is 0 Å². The van der Waals surface area contributed by atoms with Crippen LogP contribution >= 0.6 is 0 Å². The van der Waals surface area contributed by atoms with E-state index < -0.39 is 6.67 Å². The Kier molecular flexibility index (Phi) is 5.25. The number of rotatable bonds is 5. The van der Waals surface area contributed by atoms with Gasteiger partial charge in [-0.15, -0.1) is 0 Å². The number of likely N-dealkylation sites (tertiary alicyclic amines) is 1. The van der Waals surface area contributed by atoms with Crippen molar-refractivity contribution < 1.29 is 13.9 Å². The number of hydrogen-bond donors (Lipinski definition) is 1. The second kappa shape index (κ2) is 7.76. The minimum Gasteiger partial charge on any atom is -0.491 e. The zero-order valence-electron chi connectivity index (χ0n) is 13.3. The molecule has 1 aliphatic heterocycles. The number of anilines is 1. The van der Waals surface area contributed by atoms with Gasteiger partial charge in [0, 0.05) is 24.8 Å². The monoisotopic (exact) mass is 333 g/mol. The summed E-state index contributed by atoms with van der Waals surface area (Å²) >= 11 is 0. The molecule has 1 N–H and O–H groups in total. The molecule has 1 atom stereocenters. The molecule has 7 nitrogen and oxygen atoms in total. The highest BCUT2D eigenvalue weighted by Crippen LogP contribution is 2.22. The Morgan fingerprint density at radius 3 is 3.17 bits per heavy atom. The molecule has 3 rings (SSSR count). The Labute approximate surface area is 139 Å². The molecule has 1 aromatic heterocycles. The van der Waals surface area contributed by atoms with Crippen LogP contribution in [0.3, 0.4) is 0 Å². The van der Waals surface area contributed by atoms with Gasteiger partial charge < -0.3 is 15.0 Å². The summed E-state index contributed by atoms with van der Waals surface area (Å²) in [7, 11) is 0. The number of ether oxygens (including phenoxy) is 1. The van der Waals surface area contributed by atoms with Crippen LogP contribution in [0.1, 0.15) is 18.9 Å². The molecule has 0 bridgehead atoms. The number of carbonyl (C=O) groups excluding carboxylic acids is 1. The van der Waals surface area contributed by atoms with Crippen LogP contribution in [0.5, 0.6) is 5.75 Å². The fraction of sp³-hybridized carbons (Fsp3) is 0.438. The number of benzene rings is 1. The van der Waals surface area contributed by atoms with Crippen LogP contribution in [0.4, 0.5) is 14.9 Å². The van der Waals surface area contributed by atoms with Crippen molar-refractivity contribution in [1.82, 2.24) is 19.7 Å². The van der Waals surface area contributed by atoms with E-state index in [9.17, 15) is 9.18 Å². The van der Waals surface area contributed by atoms with Crippen molar-refractivity contribution >= 4 is 11.7 Å². The molecule has 2 aromatic rings. The molecule has 0 radical (unpaired) electrons. The highest BCUT2D eigenvalue weighted by atomic mass is 19.1. The van der Waals surface area contributed by atoms with Gasteiger partial charge in [-0.3, -0.25) is 0 Å². The van der Waals surface area contributed by atoms with Gasteiger partial charge in [0.1, 0.15) is 31.7 Å². The zero-order valence-corrected chi connectivity index (χ0v) is 13.3. The van der Waals surface area contributed by atoms with E-state index in [0.29, 0.717) is 24.5 Å². The molecule has 2 heterocycles. The number of urea groups is 1. The number of halogens is 1. The third kappa shape index (κ3) is 4.01. The second-order valence-corrected chi connectivity index (χ2v) is 5.61. The Morgan fingerprint density at radius 1 is 1.46 bits per heavy atom. The molecule has 1 aliphatic rings. The first-order chi connectivity index (χ1) is 11.8. The second-order valence-electron chi connectivity index (χ2n) is 5.61. The highest BCUT2D eigenvalue weighted by molar-refractivity contribution is 5.89. The van der Waals surface area contributed by atoms with E-state index in [4.69, 9.17) is 4.74 Å². The maximum Gasteiger partial charge on any atom is 0.321 e. The van der Waals surface area contributed by atoms with Gasteiger partial charge in [-0.25, -0.2) is 18.9 Å². The van der Waals surface area contributed by atoms with E-state index in [1.807, 2.05) is 0 Å². The molecule has 0 spiro atoms. The summed E-state index contributed by atoms with van der Waals surface area (Å²) in [5, 5.41) is 7.02. The van der Waals surface area contributed by atoms with Crippen LogP contribution in [0.25, 0.3) is 0 Å². The number of piperidine rings is 1. The Hall–Kier alpha value is -2.64. The van der Waals surface area contributed by atoms with Gasteiger partial charge in [0.25, 0.3) is 0 Å². The first-order valence-electron chi connectivity index (χ1n) is 7.95. The summed E-state index contributed by atoms with van der Waals surface area (Å²) in [6.07, 6.45) is 5.07. The van der Waals surface area contributed by atoms with E-state index in [0.717, 1.165) is 12.8 Å². The van der Waals surface area contributed by atoms with Crippen LogP contribution in [-0.4, -0.2) is 52.1 Å². The Morgan fingerprint density at radius 2 is 2.38 bits per heavy atom. The molecular weight excluding hydrogens is 313 g/mol. The van der Waals surface area contributed by atoms with Crippen LogP contribution < -0.4 is 10.1 Å². The Bertz CT molecular complexity index is 664. The smallest absolute Gasteiger partial charge is 0.321 e. The fourth-order valence-electron chi connectivity index (χ4n) is 2.78. The van der Waals surface area contributed by atoms with Gasteiger partial charge in [-0.2, -0.15) is 5.10 Å². The lowest BCUT2D eigenvalue weighted by Crippen LogP contribution is -2.43. The highest BCUT2D eigenvalue weighted by Gasteiger charge is 2.25. The molecular formula is C16H20FN5O2. The van der Waals surface area contributed by atoms with E-state index in [-0.39, 0.29) is 18.7 Å². The number of amides is 2. The van der Waals surface area contributed by atoms with Crippen molar-refractivity contribution in [2.45, 2.75) is 18.9 Å². The predicted octanol–water partition coefficient (Wildman–Crippen LogP) is 2.50. The normalized spacial score (nSPS) is 17.5. The largest absolute Gasteiger partial charge is 0.491 e. The van der Waals surface area contributed by atoms with Gasteiger partial charge in [0.2, 0.25) is 0 Å². The topological polar surface area (TPSA) is 72.3 Å². The van der Waals surface area contributed by atoms with Crippen molar-refractivity contribution in [2.24, 2.45) is 0 Å². The maximum absolute atomic E-state index is 12.5. The SMILES string of the molecule is O=C(Nc1cccc(OCCF)c1)N1CCC[C@H](n2cncn2)C1. The molecule has 1 saturated heterocycles. The van der Waals surface area contributed by atoms with Gasteiger partial charge in [0.05, 0.1) is 6.04 Å². The van der Waals surface area contributed by atoms with Gasteiger partial charge in [0.15, 0.2) is 0 Å². The molecule has 2 amide bonds. The average Bonchev–Trinajstić information content (AvgIpc) is 3.15. The van der Waals surface area contributed by atoms with Gasteiger partial charge in [-0.05, 0) is 25.0 Å². The van der Waals surface area contributed by atoms with Crippen molar-refractivity contribution in [3.63, 3.8) is 0 Å². The van der Waals surface area contributed by atoms with Crippen molar-refractivity contribution in [2.75, 3.05) is 31.7 Å². The number of aromatic nitrogens is 3. The summed E-state index contributed by atoms with van der Waals surface area (Å²) < 4.78 is 19.2. The summed E-state index contributed by atoms with van der Waals surface area (Å²) in [6, 6.07) is 6.93. The van der Waals surface area contributed by atoms with Crippen molar-refractivity contribution in [3.05, 3.63) is 36.9 Å². The molecule has 128 valence electrons. The van der Waals surface area contributed by atoms with Crippen LogP contribution in [0.15, 0.2) is 36.9 Å². The first kappa shape index (κ1) is 16.2. The third-order valence-electron chi connectivity index (χ3n) is 3.93. The Balaban J connectivity index is 1.60. The average molecular weight is 333 g/mol. The number of hydrogen-bond acceptors (Lipinski definition) is 4. The summed E-state index contributed by atoms with van der Waals surface area (Å²) in [6.45, 7) is 0.749. The van der Waals surface area contributed by atoms with Crippen molar-refractivity contribution in [3.8, 4) is 5.75 Å². The van der Waals surface area contributed by atoms with Crippen LogP contribution in [0, 0.1) is 0 Å². The molecule has 0 unspecified atom stereocenters. The van der Waals surface area contributed by atoms with E-state index in [2.05, 4.69) is 15.4 Å². The quantitative estimate of drug-likeness (QED) is 0.912. The first-order valence-corrected chi connectivity index (χ1v) is 7.95. The predicted molar refractivity (Wildman–Crippen MR) is 86.8 cm³/mol. The lowest BCUT2D eigenvalue weighted by atomic mass is 10.1. The lowest BCUT2D eigenvalue weighted by molar-refractivity contribution is 0.174. The van der Waals surface area contributed by atoms with E-state index in [1.54, 1.807) is 40.2 Å². The van der Waals surface area contributed by atoms with E-state index in [1.165, 1.54) is 6.33 Å².